The van der Waals surface area contributed by atoms with Gasteiger partial charge in [0.15, 0.2) is 0 Å². The summed E-state index contributed by atoms with van der Waals surface area (Å²) in [5.74, 6) is 0.386. The summed E-state index contributed by atoms with van der Waals surface area (Å²) in [4.78, 5) is 15.0. The number of carbonyl (C=O) groups excluding carboxylic acids is 1. The summed E-state index contributed by atoms with van der Waals surface area (Å²) < 4.78 is 44.2. The summed E-state index contributed by atoms with van der Waals surface area (Å²) in [5, 5.41) is 2.44. The number of alkyl halides is 3. The lowest BCUT2D eigenvalue weighted by Gasteiger charge is -2.09. The van der Waals surface area contributed by atoms with E-state index in [1.54, 1.807) is 0 Å². The van der Waals surface area contributed by atoms with Gasteiger partial charge in [-0.25, -0.2) is 0 Å². The monoisotopic (exact) mass is 416 g/mol. The lowest BCUT2D eigenvalue weighted by atomic mass is 10.2. The molecule has 0 saturated carbocycles. The standard InChI is InChI=1S/C17H16BrF3N2O2/c18-12-4-3-5-14(10-12)25-9-2-1-6-16(24)23-13-7-8-22-15(11-13)17(19,20)21/h3-5,7-8,10-11H,1-2,6,9H2,(H,22,23,24). The van der Waals surface area contributed by atoms with Crippen LogP contribution >= 0.6 is 15.9 Å². The highest BCUT2D eigenvalue weighted by Gasteiger charge is 2.32. The zero-order valence-electron chi connectivity index (χ0n) is 13.1. The van der Waals surface area contributed by atoms with Crippen LogP contribution < -0.4 is 10.1 Å². The highest BCUT2D eigenvalue weighted by molar-refractivity contribution is 9.10. The molecule has 0 bridgehead atoms. The Kier molecular flexibility index (Phi) is 6.81. The van der Waals surface area contributed by atoms with E-state index in [2.05, 4.69) is 26.2 Å². The number of nitrogens with one attached hydrogen (secondary N) is 1. The van der Waals surface area contributed by atoms with Crippen LogP contribution in [-0.2, 0) is 11.0 Å². The quantitative estimate of drug-likeness (QED) is 0.642. The van der Waals surface area contributed by atoms with Crippen LogP contribution in [0.1, 0.15) is 25.0 Å². The van der Waals surface area contributed by atoms with Crippen LogP contribution in [0.4, 0.5) is 18.9 Å². The van der Waals surface area contributed by atoms with E-state index in [-0.39, 0.29) is 18.0 Å². The highest BCUT2D eigenvalue weighted by Crippen LogP contribution is 2.28. The van der Waals surface area contributed by atoms with Crippen molar-refractivity contribution in [3.8, 4) is 5.75 Å². The van der Waals surface area contributed by atoms with Gasteiger partial charge in [-0.3, -0.25) is 9.78 Å². The molecule has 2 rings (SSSR count). The number of anilines is 1. The predicted octanol–water partition coefficient (Wildman–Crippen LogP) is 5.05. The highest BCUT2D eigenvalue weighted by atomic mass is 79.9. The average molecular weight is 417 g/mol. The SMILES string of the molecule is O=C(CCCCOc1cccc(Br)c1)Nc1ccnc(C(F)(F)F)c1. The molecule has 0 unspecified atom stereocenters. The first-order valence-corrected chi connectivity index (χ1v) is 8.35. The molecule has 0 spiro atoms. The fourth-order valence-electron chi connectivity index (χ4n) is 2.02. The topological polar surface area (TPSA) is 51.2 Å². The molecule has 25 heavy (non-hydrogen) atoms. The van der Waals surface area contributed by atoms with E-state index in [0.29, 0.717) is 19.4 Å². The van der Waals surface area contributed by atoms with Crippen LogP contribution in [0.25, 0.3) is 0 Å². The second kappa shape index (κ2) is 8.84. The molecule has 2 aromatic rings. The van der Waals surface area contributed by atoms with Gasteiger partial charge in [-0.05, 0) is 43.2 Å². The minimum atomic E-state index is -4.54. The van der Waals surface area contributed by atoms with Gasteiger partial charge >= 0.3 is 6.18 Å². The van der Waals surface area contributed by atoms with Gasteiger partial charge in [-0.2, -0.15) is 13.2 Å². The molecule has 1 N–H and O–H groups in total. The van der Waals surface area contributed by atoms with Crippen molar-refractivity contribution in [2.45, 2.75) is 25.4 Å². The molecule has 1 amide bonds. The first kappa shape index (κ1) is 19.2. The molecule has 0 aliphatic rings. The first-order chi connectivity index (χ1) is 11.8. The van der Waals surface area contributed by atoms with Gasteiger partial charge in [-0.1, -0.05) is 22.0 Å². The Morgan fingerprint density at radius 1 is 1.20 bits per heavy atom. The number of hydrogen-bond acceptors (Lipinski definition) is 3. The Hall–Kier alpha value is -2.09. The molecule has 4 nitrogen and oxygen atoms in total. The van der Waals surface area contributed by atoms with E-state index in [0.717, 1.165) is 22.5 Å². The predicted molar refractivity (Wildman–Crippen MR) is 91.4 cm³/mol. The number of rotatable bonds is 7. The average Bonchev–Trinajstić information content (AvgIpc) is 2.54. The lowest BCUT2D eigenvalue weighted by molar-refractivity contribution is -0.141. The zero-order chi connectivity index (χ0) is 18.3. The fourth-order valence-corrected chi connectivity index (χ4v) is 2.40. The van der Waals surface area contributed by atoms with Crippen molar-refractivity contribution in [1.29, 1.82) is 0 Å². The number of aromatic nitrogens is 1. The molecule has 0 atom stereocenters. The van der Waals surface area contributed by atoms with Crippen LogP contribution in [0.3, 0.4) is 0 Å². The van der Waals surface area contributed by atoms with E-state index in [1.165, 1.54) is 6.07 Å². The Morgan fingerprint density at radius 3 is 2.72 bits per heavy atom. The summed E-state index contributed by atoms with van der Waals surface area (Å²) >= 11 is 3.34. The van der Waals surface area contributed by atoms with Gasteiger partial charge in [0.2, 0.25) is 5.91 Å². The zero-order valence-corrected chi connectivity index (χ0v) is 14.7. The minimum absolute atomic E-state index is 0.0812. The maximum atomic E-state index is 12.6. The molecular formula is C17H16BrF3N2O2. The van der Waals surface area contributed by atoms with E-state index in [4.69, 9.17) is 4.74 Å². The van der Waals surface area contributed by atoms with Gasteiger partial charge < -0.3 is 10.1 Å². The Bertz CT molecular complexity index is 723. The summed E-state index contributed by atoms with van der Waals surface area (Å²) in [6.45, 7) is 0.456. The fraction of sp³-hybridized carbons (Fsp3) is 0.294. The van der Waals surface area contributed by atoms with Crippen molar-refractivity contribution < 1.29 is 22.7 Å². The lowest BCUT2D eigenvalue weighted by Crippen LogP contribution is -2.14. The maximum absolute atomic E-state index is 12.6. The number of carbonyl (C=O) groups is 1. The molecule has 1 aromatic heterocycles. The largest absolute Gasteiger partial charge is 0.494 e. The van der Waals surface area contributed by atoms with Gasteiger partial charge in [0.1, 0.15) is 11.4 Å². The van der Waals surface area contributed by atoms with E-state index in [9.17, 15) is 18.0 Å². The van der Waals surface area contributed by atoms with Crippen molar-refractivity contribution in [2.24, 2.45) is 0 Å². The minimum Gasteiger partial charge on any atom is -0.494 e. The first-order valence-electron chi connectivity index (χ1n) is 7.56. The maximum Gasteiger partial charge on any atom is 0.433 e. The Morgan fingerprint density at radius 2 is 2.00 bits per heavy atom. The molecule has 8 heteroatoms. The van der Waals surface area contributed by atoms with Crippen molar-refractivity contribution in [2.75, 3.05) is 11.9 Å². The number of pyridine rings is 1. The third-order valence-corrected chi connectivity index (χ3v) is 3.69. The second-order valence-electron chi connectivity index (χ2n) is 5.24. The molecule has 0 aliphatic carbocycles. The van der Waals surface area contributed by atoms with Crippen LogP contribution in [0.15, 0.2) is 47.1 Å². The molecule has 0 radical (unpaired) electrons. The van der Waals surface area contributed by atoms with Gasteiger partial charge in [0.25, 0.3) is 0 Å². The Balaban J connectivity index is 1.71. The van der Waals surface area contributed by atoms with Gasteiger partial charge in [0.05, 0.1) is 6.61 Å². The molecule has 0 fully saturated rings. The van der Waals surface area contributed by atoms with Crippen molar-refractivity contribution in [3.63, 3.8) is 0 Å². The van der Waals surface area contributed by atoms with Gasteiger partial charge in [0, 0.05) is 22.8 Å². The van der Waals surface area contributed by atoms with E-state index >= 15 is 0 Å². The number of unbranched alkanes of at least 4 members (excludes halogenated alkanes) is 1. The van der Waals surface area contributed by atoms with Crippen LogP contribution in [0.5, 0.6) is 5.75 Å². The van der Waals surface area contributed by atoms with Crippen molar-refractivity contribution >= 4 is 27.5 Å². The van der Waals surface area contributed by atoms with E-state index < -0.39 is 11.9 Å². The number of hydrogen-bond donors (Lipinski definition) is 1. The molecule has 134 valence electrons. The number of ether oxygens (including phenoxy) is 1. The number of nitrogens with zero attached hydrogens (tertiary/aromatic N) is 1. The van der Waals surface area contributed by atoms with Gasteiger partial charge in [-0.15, -0.1) is 0 Å². The van der Waals surface area contributed by atoms with Crippen LogP contribution in [0, 0.1) is 0 Å². The molecule has 0 aliphatic heterocycles. The third kappa shape index (κ3) is 6.74. The van der Waals surface area contributed by atoms with Crippen LogP contribution in [-0.4, -0.2) is 17.5 Å². The van der Waals surface area contributed by atoms with Crippen LogP contribution in [0.2, 0.25) is 0 Å². The number of benzene rings is 1. The summed E-state index contributed by atoms with van der Waals surface area (Å²) in [6.07, 6.45) is -2.10. The molecule has 0 saturated heterocycles. The summed E-state index contributed by atoms with van der Waals surface area (Å²) in [7, 11) is 0. The van der Waals surface area contributed by atoms with Crippen molar-refractivity contribution in [3.05, 3.63) is 52.8 Å². The Labute approximate surface area is 151 Å². The smallest absolute Gasteiger partial charge is 0.433 e. The number of halogens is 4. The van der Waals surface area contributed by atoms with Crippen molar-refractivity contribution in [1.82, 2.24) is 4.98 Å². The summed E-state index contributed by atoms with van der Waals surface area (Å²) in [6, 6.07) is 9.56. The molecule has 1 heterocycles. The van der Waals surface area contributed by atoms with E-state index in [1.807, 2.05) is 24.3 Å². The molecule has 1 aromatic carbocycles. The normalized spacial score (nSPS) is 11.2. The third-order valence-electron chi connectivity index (χ3n) is 3.20. The second-order valence-corrected chi connectivity index (χ2v) is 6.15. The molecular weight excluding hydrogens is 401 g/mol. The number of amides is 1. The summed E-state index contributed by atoms with van der Waals surface area (Å²) in [5.41, 5.74) is -0.953.